The fourth-order valence-corrected chi connectivity index (χ4v) is 5.89. The number of para-hydroxylation sites is 1. The predicted octanol–water partition coefficient (Wildman–Crippen LogP) is 5.59. The van der Waals surface area contributed by atoms with Gasteiger partial charge in [0.15, 0.2) is 0 Å². The first-order chi connectivity index (χ1) is 17.8. The minimum atomic E-state index is -4.29. The summed E-state index contributed by atoms with van der Waals surface area (Å²) >= 11 is 5.92. The Morgan fingerprint density at radius 2 is 1.81 bits per heavy atom. The molecule has 3 aromatic rings. The summed E-state index contributed by atoms with van der Waals surface area (Å²) in [6.07, 6.45) is 3.06. The number of aliphatic hydroxyl groups excluding tert-OH is 1. The maximum atomic E-state index is 14.8. The van der Waals surface area contributed by atoms with Crippen molar-refractivity contribution in [3.63, 3.8) is 0 Å². The molecule has 4 rings (SSSR count). The smallest absolute Gasteiger partial charge is 0.264 e. The zero-order chi connectivity index (χ0) is 26.4. The van der Waals surface area contributed by atoms with Gasteiger partial charge in [0.05, 0.1) is 23.7 Å². The molecule has 6 nitrogen and oxygen atoms in total. The zero-order valence-electron chi connectivity index (χ0n) is 20.2. The monoisotopic (exact) mass is 550 g/mol. The number of rotatable bonds is 10. The third-order valence-corrected chi connectivity index (χ3v) is 8.32. The van der Waals surface area contributed by atoms with E-state index in [9.17, 15) is 22.3 Å². The fourth-order valence-electron chi connectivity index (χ4n) is 4.32. The van der Waals surface area contributed by atoms with Crippen LogP contribution in [0.3, 0.4) is 0 Å². The molecule has 0 radical (unpaired) electrons. The van der Waals surface area contributed by atoms with Crippen LogP contribution in [-0.2, 0) is 16.6 Å². The third-order valence-electron chi connectivity index (χ3n) is 6.29. The van der Waals surface area contributed by atoms with Crippen LogP contribution < -0.4 is 9.04 Å². The van der Waals surface area contributed by atoms with Gasteiger partial charge < -0.3 is 9.84 Å². The molecule has 1 fully saturated rings. The van der Waals surface area contributed by atoms with Gasteiger partial charge in [0.2, 0.25) is 0 Å². The number of piperidine rings is 1. The molecule has 37 heavy (non-hydrogen) atoms. The van der Waals surface area contributed by atoms with Crippen LogP contribution in [0.5, 0.6) is 5.75 Å². The molecule has 0 saturated carbocycles. The van der Waals surface area contributed by atoms with Crippen molar-refractivity contribution in [3.05, 3.63) is 89.0 Å². The highest BCUT2D eigenvalue weighted by Gasteiger charge is 2.29. The number of benzene rings is 3. The number of hydrogen-bond donors (Lipinski definition) is 1. The summed E-state index contributed by atoms with van der Waals surface area (Å²) < 4.78 is 63.0. The van der Waals surface area contributed by atoms with Crippen molar-refractivity contribution in [2.24, 2.45) is 0 Å². The van der Waals surface area contributed by atoms with E-state index in [0.29, 0.717) is 35.9 Å². The molecule has 10 heteroatoms. The lowest BCUT2D eigenvalue weighted by Gasteiger charge is -2.31. The van der Waals surface area contributed by atoms with Gasteiger partial charge in [-0.05, 0) is 68.1 Å². The standard InChI is InChI=1S/C27H29ClF2N2O4S/c28-21-9-12-23(13-10-21)37(34,35)32(25-18-22(29)11-14-24(25)30)19-20-6-1-2-7-26(20)36-17-5-16-31-15-4-3-8-27(31)33/h1-2,6-7,9-14,18,27,33H,3-5,8,15-17,19H2. The van der Waals surface area contributed by atoms with Gasteiger partial charge in [0.25, 0.3) is 10.0 Å². The van der Waals surface area contributed by atoms with Crippen molar-refractivity contribution < 1.29 is 27.0 Å². The van der Waals surface area contributed by atoms with Crippen molar-refractivity contribution in [1.82, 2.24) is 4.90 Å². The molecule has 0 spiro atoms. The first-order valence-electron chi connectivity index (χ1n) is 12.1. The van der Waals surface area contributed by atoms with E-state index >= 15 is 0 Å². The minimum Gasteiger partial charge on any atom is -0.493 e. The van der Waals surface area contributed by atoms with E-state index in [1.807, 2.05) is 4.90 Å². The van der Waals surface area contributed by atoms with Crippen LogP contribution in [-0.4, -0.2) is 44.3 Å². The summed E-state index contributed by atoms with van der Waals surface area (Å²) in [5.74, 6) is -1.20. The van der Waals surface area contributed by atoms with Crippen LogP contribution >= 0.6 is 11.6 Å². The Kier molecular flexibility index (Phi) is 9.02. The SMILES string of the molecule is O=S(=O)(c1ccc(Cl)cc1)N(Cc1ccccc1OCCCN1CCCCC1O)c1cc(F)ccc1F. The lowest BCUT2D eigenvalue weighted by molar-refractivity contribution is -0.0255. The molecule has 0 bridgehead atoms. The highest BCUT2D eigenvalue weighted by atomic mass is 35.5. The molecular formula is C27H29ClF2N2O4S. The number of ether oxygens (including phenoxy) is 1. The molecule has 1 N–H and O–H groups in total. The van der Waals surface area contributed by atoms with E-state index in [1.54, 1.807) is 24.3 Å². The normalized spacial score (nSPS) is 16.5. The van der Waals surface area contributed by atoms with Gasteiger partial charge >= 0.3 is 0 Å². The number of aliphatic hydroxyl groups is 1. The predicted molar refractivity (Wildman–Crippen MR) is 139 cm³/mol. The van der Waals surface area contributed by atoms with Crippen LogP contribution in [0.2, 0.25) is 5.02 Å². The van der Waals surface area contributed by atoms with Gasteiger partial charge in [-0.25, -0.2) is 17.2 Å². The van der Waals surface area contributed by atoms with Crippen molar-refractivity contribution in [1.29, 1.82) is 0 Å². The Hall–Kier alpha value is -2.72. The first-order valence-corrected chi connectivity index (χ1v) is 13.9. The van der Waals surface area contributed by atoms with Crippen molar-refractivity contribution >= 4 is 27.3 Å². The lowest BCUT2D eigenvalue weighted by Crippen LogP contribution is -2.40. The molecular weight excluding hydrogens is 522 g/mol. The van der Waals surface area contributed by atoms with E-state index in [4.69, 9.17) is 16.3 Å². The van der Waals surface area contributed by atoms with Crippen molar-refractivity contribution in [2.45, 2.75) is 43.4 Å². The van der Waals surface area contributed by atoms with Crippen LogP contribution in [0.1, 0.15) is 31.2 Å². The Morgan fingerprint density at radius 1 is 1.05 bits per heavy atom. The Balaban J connectivity index is 1.57. The number of anilines is 1. The van der Waals surface area contributed by atoms with Crippen LogP contribution in [0, 0.1) is 11.6 Å². The summed E-state index contributed by atoms with van der Waals surface area (Å²) in [7, 11) is -4.29. The number of hydrogen-bond acceptors (Lipinski definition) is 5. The number of halogens is 3. The molecule has 1 aliphatic rings. The molecule has 1 heterocycles. The summed E-state index contributed by atoms with van der Waals surface area (Å²) in [6, 6.07) is 15.0. The second-order valence-corrected chi connectivity index (χ2v) is 11.2. The number of sulfonamides is 1. The molecule has 0 aromatic heterocycles. The summed E-state index contributed by atoms with van der Waals surface area (Å²) in [6.45, 7) is 1.58. The molecule has 1 saturated heterocycles. The van der Waals surface area contributed by atoms with Crippen LogP contribution in [0.25, 0.3) is 0 Å². The molecule has 0 aliphatic carbocycles. The first kappa shape index (κ1) is 27.3. The second-order valence-electron chi connectivity index (χ2n) is 8.88. The maximum Gasteiger partial charge on any atom is 0.264 e. The number of nitrogens with zero attached hydrogens (tertiary/aromatic N) is 2. The highest BCUT2D eigenvalue weighted by Crippen LogP contribution is 2.32. The third kappa shape index (κ3) is 6.78. The Bertz CT molecular complexity index is 1310. The average Bonchev–Trinajstić information content (AvgIpc) is 2.88. The van der Waals surface area contributed by atoms with E-state index in [0.717, 1.165) is 48.3 Å². The molecule has 198 valence electrons. The fraction of sp³-hybridized carbons (Fsp3) is 0.333. The Morgan fingerprint density at radius 3 is 2.57 bits per heavy atom. The molecule has 1 aliphatic heterocycles. The van der Waals surface area contributed by atoms with Crippen molar-refractivity contribution in [3.8, 4) is 5.75 Å². The van der Waals surface area contributed by atoms with E-state index in [-0.39, 0.29) is 11.4 Å². The van der Waals surface area contributed by atoms with E-state index in [1.165, 1.54) is 24.3 Å². The Labute approximate surface area is 221 Å². The summed E-state index contributed by atoms with van der Waals surface area (Å²) in [5, 5.41) is 10.5. The minimum absolute atomic E-state index is 0.112. The zero-order valence-corrected chi connectivity index (χ0v) is 21.8. The highest BCUT2D eigenvalue weighted by molar-refractivity contribution is 7.92. The molecule has 1 unspecified atom stereocenters. The van der Waals surface area contributed by atoms with Gasteiger partial charge in [-0.2, -0.15) is 0 Å². The molecule has 0 amide bonds. The second kappa shape index (κ2) is 12.2. The molecule has 1 atom stereocenters. The lowest BCUT2D eigenvalue weighted by atomic mass is 10.1. The van der Waals surface area contributed by atoms with E-state index in [2.05, 4.69) is 0 Å². The van der Waals surface area contributed by atoms with Gasteiger partial charge in [0, 0.05) is 29.7 Å². The van der Waals surface area contributed by atoms with Gasteiger partial charge in [-0.3, -0.25) is 9.21 Å². The van der Waals surface area contributed by atoms with E-state index < -0.39 is 33.6 Å². The van der Waals surface area contributed by atoms with Crippen molar-refractivity contribution in [2.75, 3.05) is 24.0 Å². The van der Waals surface area contributed by atoms with Crippen LogP contribution in [0.15, 0.2) is 71.6 Å². The summed E-state index contributed by atoms with van der Waals surface area (Å²) in [5.41, 5.74) is 0.0746. The number of likely N-dealkylation sites (tertiary alicyclic amines) is 1. The maximum absolute atomic E-state index is 14.8. The topological polar surface area (TPSA) is 70.1 Å². The van der Waals surface area contributed by atoms with Gasteiger partial charge in [-0.15, -0.1) is 0 Å². The largest absolute Gasteiger partial charge is 0.493 e. The summed E-state index contributed by atoms with van der Waals surface area (Å²) in [4.78, 5) is 1.91. The van der Waals surface area contributed by atoms with Crippen LogP contribution in [0.4, 0.5) is 14.5 Å². The quantitative estimate of drug-likeness (QED) is 0.333. The van der Waals surface area contributed by atoms with Gasteiger partial charge in [0.1, 0.15) is 23.6 Å². The molecule has 3 aromatic carbocycles. The van der Waals surface area contributed by atoms with Gasteiger partial charge in [-0.1, -0.05) is 29.8 Å². The average molecular weight is 551 g/mol.